The van der Waals surface area contributed by atoms with E-state index >= 15 is 0 Å². The number of ether oxygens (including phenoxy) is 1. The number of nitrogens with zero attached hydrogens (tertiary/aromatic N) is 1. The highest BCUT2D eigenvalue weighted by molar-refractivity contribution is 5.83. The Balaban J connectivity index is 1.85. The van der Waals surface area contributed by atoms with Gasteiger partial charge in [0.1, 0.15) is 0 Å². The molecule has 2 rings (SSSR count). The zero-order valence-electron chi connectivity index (χ0n) is 14.8. The van der Waals surface area contributed by atoms with Crippen molar-refractivity contribution in [3.8, 4) is 5.88 Å². The van der Waals surface area contributed by atoms with Gasteiger partial charge in [0.15, 0.2) is 6.61 Å². The molecule has 0 bridgehead atoms. The number of carbonyl (C=O) groups is 1. The molecule has 0 aromatic carbocycles. The molecule has 25 heavy (non-hydrogen) atoms. The minimum atomic E-state index is -4.40. The van der Waals surface area contributed by atoms with E-state index in [2.05, 4.69) is 35.0 Å². The second kappa shape index (κ2) is 7.06. The maximum Gasteiger partial charge on any atom is 0.422 e. The lowest BCUT2D eigenvalue weighted by molar-refractivity contribution is -0.154. The van der Waals surface area contributed by atoms with Crippen LogP contribution in [0.2, 0.25) is 0 Å². The van der Waals surface area contributed by atoms with Gasteiger partial charge in [-0.3, -0.25) is 4.79 Å². The normalized spacial score (nSPS) is 21.4. The first kappa shape index (κ1) is 19.3. The maximum atomic E-state index is 12.4. The fraction of sp³-hybridized carbons (Fsp3) is 0.556. The van der Waals surface area contributed by atoms with Crippen molar-refractivity contribution in [3.05, 3.63) is 35.5 Å². The van der Waals surface area contributed by atoms with Crippen LogP contribution in [0.3, 0.4) is 0 Å². The number of aromatic nitrogens is 1. The minimum absolute atomic E-state index is 0.0232. The summed E-state index contributed by atoms with van der Waals surface area (Å²) in [5, 5.41) is 2.87. The Labute approximate surface area is 145 Å². The van der Waals surface area contributed by atoms with Crippen molar-refractivity contribution in [2.24, 2.45) is 17.3 Å². The summed E-state index contributed by atoms with van der Waals surface area (Å²) in [6.45, 7) is 7.05. The standard InChI is InChI=1S/C18H23F3N2O2/c1-11(2)7-13-15(17(13,3)4)16(24)23-9-12-5-6-14(22-8-12)25-10-18(19,20)21/h5-8,13,15H,9-10H2,1-4H3,(H,23,24)/t13-,15+/m1/s1. The van der Waals surface area contributed by atoms with Crippen molar-refractivity contribution in [1.82, 2.24) is 10.3 Å². The number of hydrogen-bond donors (Lipinski definition) is 1. The third kappa shape index (κ3) is 5.21. The van der Waals surface area contributed by atoms with Gasteiger partial charge in [-0.1, -0.05) is 31.6 Å². The van der Waals surface area contributed by atoms with Gasteiger partial charge in [-0.15, -0.1) is 0 Å². The number of rotatable bonds is 6. The SMILES string of the molecule is CC(C)=C[C@@H]1[C@@H](C(=O)NCc2ccc(OCC(F)(F)F)nc2)C1(C)C. The van der Waals surface area contributed by atoms with E-state index in [1.165, 1.54) is 17.8 Å². The second-order valence-corrected chi connectivity index (χ2v) is 7.20. The van der Waals surface area contributed by atoms with Crippen molar-refractivity contribution in [1.29, 1.82) is 0 Å². The maximum absolute atomic E-state index is 12.4. The highest BCUT2D eigenvalue weighted by Crippen LogP contribution is 2.59. The van der Waals surface area contributed by atoms with Crippen LogP contribution in [-0.2, 0) is 11.3 Å². The quantitative estimate of drug-likeness (QED) is 0.787. The Morgan fingerprint density at radius 3 is 2.56 bits per heavy atom. The number of alkyl halides is 3. The molecule has 1 aliphatic rings. The van der Waals surface area contributed by atoms with Gasteiger partial charge in [-0.2, -0.15) is 13.2 Å². The third-order valence-electron chi connectivity index (χ3n) is 4.35. The van der Waals surface area contributed by atoms with Crippen LogP contribution in [0.4, 0.5) is 13.2 Å². The number of halogens is 3. The second-order valence-electron chi connectivity index (χ2n) is 7.20. The van der Waals surface area contributed by atoms with E-state index in [-0.39, 0.29) is 35.6 Å². The number of nitrogens with one attached hydrogen (secondary N) is 1. The Morgan fingerprint density at radius 1 is 1.36 bits per heavy atom. The Hall–Kier alpha value is -2.05. The number of hydrogen-bond acceptors (Lipinski definition) is 3. The van der Waals surface area contributed by atoms with E-state index < -0.39 is 12.8 Å². The summed E-state index contributed by atoms with van der Waals surface area (Å²) in [6.07, 6.45) is -0.872. The largest absolute Gasteiger partial charge is 0.468 e. The van der Waals surface area contributed by atoms with E-state index in [4.69, 9.17) is 0 Å². The molecule has 1 fully saturated rings. The van der Waals surface area contributed by atoms with Crippen molar-refractivity contribution >= 4 is 5.91 Å². The predicted octanol–water partition coefficient (Wildman–Crippen LogP) is 3.88. The average Bonchev–Trinajstić information content (AvgIpc) is 3.03. The zero-order valence-corrected chi connectivity index (χ0v) is 14.8. The fourth-order valence-electron chi connectivity index (χ4n) is 2.90. The third-order valence-corrected chi connectivity index (χ3v) is 4.35. The first-order chi connectivity index (χ1) is 11.5. The van der Waals surface area contributed by atoms with Gasteiger partial charge < -0.3 is 10.1 Å². The Morgan fingerprint density at radius 2 is 2.04 bits per heavy atom. The van der Waals surface area contributed by atoms with Gasteiger partial charge in [0, 0.05) is 18.8 Å². The van der Waals surface area contributed by atoms with Crippen LogP contribution in [-0.4, -0.2) is 23.7 Å². The highest BCUT2D eigenvalue weighted by atomic mass is 19.4. The topological polar surface area (TPSA) is 51.2 Å². The molecule has 0 saturated heterocycles. The molecule has 1 aliphatic carbocycles. The first-order valence-corrected chi connectivity index (χ1v) is 8.08. The molecule has 7 heteroatoms. The molecule has 4 nitrogen and oxygen atoms in total. The van der Waals surface area contributed by atoms with Crippen molar-refractivity contribution in [2.75, 3.05) is 6.61 Å². The van der Waals surface area contributed by atoms with Crippen LogP contribution in [0, 0.1) is 17.3 Å². The molecular weight excluding hydrogens is 333 g/mol. The summed E-state index contributed by atoms with van der Waals surface area (Å²) in [5.74, 6) is 0.0442. The monoisotopic (exact) mass is 356 g/mol. The van der Waals surface area contributed by atoms with E-state index in [9.17, 15) is 18.0 Å². The summed E-state index contributed by atoms with van der Waals surface area (Å²) in [6, 6.07) is 2.95. The number of pyridine rings is 1. The molecule has 0 radical (unpaired) electrons. The summed E-state index contributed by atoms with van der Waals surface area (Å²) >= 11 is 0. The van der Waals surface area contributed by atoms with Crippen LogP contribution in [0.5, 0.6) is 5.88 Å². The molecule has 1 aromatic heterocycles. The van der Waals surface area contributed by atoms with Crippen LogP contribution >= 0.6 is 0 Å². The molecule has 1 N–H and O–H groups in total. The lowest BCUT2D eigenvalue weighted by Gasteiger charge is -2.09. The fourth-order valence-corrected chi connectivity index (χ4v) is 2.90. The molecule has 2 atom stereocenters. The summed E-state index contributed by atoms with van der Waals surface area (Å²) in [7, 11) is 0. The van der Waals surface area contributed by atoms with Gasteiger partial charge in [0.2, 0.25) is 11.8 Å². The van der Waals surface area contributed by atoms with Gasteiger partial charge in [-0.05, 0) is 30.7 Å². The zero-order chi connectivity index (χ0) is 18.8. The highest BCUT2D eigenvalue weighted by Gasteiger charge is 2.60. The van der Waals surface area contributed by atoms with Crippen LogP contribution in [0.25, 0.3) is 0 Å². The Bertz CT molecular complexity index is 647. The van der Waals surface area contributed by atoms with Crippen LogP contribution < -0.4 is 10.1 Å². The van der Waals surface area contributed by atoms with E-state index in [1.807, 2.05) is 13.8 Å². The van der Waals surface area contributed by atoms with Crippen molar-refractivity contribution < 1.29 is 22.7 Å². The molecule has 1 amide bonds. The van der Waals surface area contributed by atoms with Gasteiger partial charge >= 0.3 is 6.18 Å². The lowest BCUT2D eigenvalue weighted by Crippen LogP contribution is -2.26. The first-order valence-electron chi connectivity index (χ1n) is 8.08. The molecule has 0 aliphatic heterocycles. The number of carbonyl (C=O) groups excluding carboxylic acids is 1. The van der Waals surface area contributed by atoms with Crippen LogP contribution in [0.1, 0.15) is 33.3 Å². The van der Waals surface area contributed by atoms with Crippen molar-refractivity contribution in [3.63, 3.8) is 0 Å². The lowest BCUT2D eigenvalue weighted by atomic mass is 10.1. The molecule has 1 aromatic rings. The number of amides is 1. The van der Waals surface area contributed by atoms with E-state index in [1.54, 1.807) is 6.07 Å². The number of allylic oxidation sites excluding steroid dienone is 2. The summed E-state index contributed by atoms with van der Waals surface area (Å²) in [4.78, 5) is 16.2. The molecular formula is C18H23F3N2O2. The summed E-state index contributed by atoms with van der Waals surface area (Å²) in [5.41, 5.74) is 1.83. The van der Waals surface area contributed by atoms with E-state index in [0.29, 0.717) is 5.56 Å². The molecule has 1 heterocycles. The Kier molecular flexibility index (Phi) is 5.44. The van der Waals surface area contributed by atoms with E-state index in [0.717, 1.165) is 0 Å². The minimum Gasteiger partial charge on any atom is -0.468 e. The van der Waals surface area contributed by atoms with Gasteiger partial charge in [-0.25, -0.2) is 4.98 Å². The predicted molar refractivity (Wildman–Crippen MR) is 87.8 cm³/mol. The smallest absolute Gasteiger partial charge is 0.422 e. The molecule has 138 valence electrons. The van der Waals surface area contributed by atoms with Gasteiger partial charge in [0.05, 0.1) is 5.92 Å². The summed E-state index contributed by atoms with van der Waals surface area (Å²) < 4.78 is 40.8. The van der Waals surface area contributed by atoms with Crippen LogP contribution in [0.15, 0.2) is 30.0 Å². The molecule has 0 spiro atoms. The van der Waals surface area contributed by atoms with Gasteiger partial charge in [0.25, 0.3) is 0 Å². The molecule has 1 saturated carbocycles. The van der Waals surface area contributed by atoms with Crippen molar-refractivity contribution in [2.45, 2.75) is 40.4 Å². The average molecular weight is 356 g/mol. The molecule has 0 unspecified atom stereocenters.